The first kappa shape index (κ1) is 13.6. The van der Waals surface area contributed by atoms with Crippen LogP contribution < -0.4 is 10.1 Å². The molecule has 1 heterocycles. The predicted molar refractivity (Wildman–Crippen MR) is 83.0 cm³/mol. The van der Waals surface area contributed by atoms with Crippen molar-refractivity contribution in [1.29, 1.82) is 0 Å². The van der Waals surface area contributed by atoms with Crippen molar-refractivity contribution in [3.63, 3.8) is 0 Å². The smallest absolute Gasteiger partial charge is 0.328 e. The summed E-state index contributed by atoms with van der Waals surface area (Å²) in [5, 5.41) is 5.30. The number of nitrogens with zero attached hydrogens (tertiary/aromatic N) is 3. The van der Waals surface area contributed by atoms with Crippen molar-refractivity contribution >= 4 is 28.3 Å². The summed E-state index contributed by atoms with van der Waals surface area (Å²) in [6.45, 7) is 2.64. The number of ether oxygens (including phenoxy) is 1. The first-order valence-electron chi connectivity index (χ1n) is 6.56. The maximum Gasteiger partial charge on any atom is 0.328 e. The molecule has 0 aliphatic carbocycles. The van der Waals surface area contributed by atoms with Crippen LogP contribution in [0.5, 0.6) is 11.8 Å². The molecule has 0 unspecified atom stereocenters. The largest absolute Gasteiger partial charge is 0.424 e. The second-order valence-corrected chi connectivity index (χ2v) is 4.69. The first-order chi connectivity index (χ1) is 10.2. The van der Waals surface area contributed by atoms with Gasteiger partial charge in [0.2, 0.25) is 11.2 Å². The molecule has 0 saturated heterocycles. The molecule has 3 aromatic rings. The van der Waals surface area contributed by atoms with E-state index in [-0.39, 0.29) is 11.3 Å². The van der Waals surface area contributed by atoms with Crippen LogP contribution in [0.25, 0.3) is 10.8 Å². The average molecular weight is 301 g/mol. The fourth-order valence-corrected chi connectivity index (χ4v) is 2.10. The van der Waals surface area contributed by atoms with E-state index in [4.69, 9.17) is 16.3 Å². The number of anilines is 1. The summed E-state index contributed by atoms with van der Waals surface area (Å²) in [5.74, 6) is 1.05. The van der Waals surface area contributed by atoms with Gasteiger partial charge in [-0.1, -0.05) is 30.3 Å². The molecule has 0 radical (unpaired) electrons. The van der Waals surface area contributed by atoms with Gasteiger partial charge in [-0.15, -0.1) is 0 Å². The van der Waals surface area contributed by atoms with E-state index in [9.17, 15) is 0 Å². The highest BCUT2D eigenvalue weighted by molar-refractivity contribution is 6.28. The highest BCUT2D eigenvalue weighted by Crippen LogP contribution is 2.24. The normalized spacial score (nSPS) is 10.6. The molecule has 0 saturated carbocycles. The standard InChI is InChI=1S/C15H13ClN4O/c1-2-17-14-18-13(16)19-15(20-14)21-12-8-7-10-5-3-4-6-11(10)9-12/h3-9H,2H2,1H3,(H,17,18,19,20). The number of nitrogens with one attached hydrogen (secondary N) is 1. The van der Waals surface area contributed by atoms with E-state index in [1.165, 1.54) is 0 Å². The van der Waals surface area contributed by atoms with Crippen molar-refractivity contribution < 1.29 is 4.74 Å². The van der Waals surface area contributed by atoms with Crippen molar-refractivity contribution in [2.24, 2.45) is 0 Å². The second-order valence-electron chi connectivity index (χ2n) is 4.35. The molecule has 0 aliphatic rings. The van der Waals surface area contributed by atoms with Gasteiger partial charge in [-0.25, -0.2) is 0 Å². The van der Waals surface area contributed by atoms with Crippen LogP contribution in [0.4, 0.5) is 5.95 Å². The molecule has 1 aromatic heterocycles. The van der Waals surface area contributed by atoms with E-state index >= 15 is 0 Å². The van der Waals surface area contributed by atoms with Gasteiger partial charge in [-0.2, -0.15) is 15.0 Å². The van der Waals surface area contributed by atoms with Gasteiger partial charge in [-0.05, 0) is 41.4 Å². The van der Waals surface area contributed by atoms with E-state index in [0.717, 1.165) is 10.8 Å². The molecule has 106 valence electrons. The Kier molecular flexibility index (Phi) is 3.83. The van der Waals surface area contributed by atoms with Gasteiger partial charge >= 0.3 is 6.01 Å². The first-order valence-corrected chi connectivity index (χ1v) is 6.94. The molecular weight excluding hydrogens is 288 g/mol. The van der Waals surface area contributed by atoms with E-state index in [1.54, 1.807) is 0 Å². The molecule has 3 rings (SSSR count). The van der Waals surface area contributed by atoms with E-state index in [1.807, 2.05) is 49.4 Å². The Labute approximate surface area is 127 Å². The SMILES string of the molecule is CCNc1nc(Cl)nc(Oc2ccc3ccccc3c2)n1. The Hall–Kier alpha value is -2.40. The summed E-state index contributed by atoms with van der Waals surface area (Å²) in [5.41, 5.74) is 0. The van der Waals surface area contributed by atoms with Crippen molar-refractivity contribution in [2.45, 2.75) is 6.92 Å². The van der Waals surface area contributed by atoms with Crippen LogP contribution in [0, 0.1) is 0 Å². The van der Waals surface area contributed by atoms with E-state index < -0.39 is 0 Å². The zero-order valence-corrected chi connectivity index (χ0v) is 12.1. The van der Waals surface area contributed by atoms with Gasteiger partial charge < -0.3 is 10.1 Å². The van der Waals surface area contributed by atoms with Crippen LogP contribution in [0.1, 0.15) is 6.92 Å². The average Bonchev–Trinajstić information content (AvgIpc) is 2.47. The summed E-state index contributed by atoms with van der Waals surface area (Å²) in [6.07, 6.45) is 0. The number of aromatic nitrogens is 3. The Morgan fingerprint density at radius 2 is 1.86 bits per heavy atom. The molecule has 1 N–H and O–H groups in total. The highest BCUT2D eigenvalue weighted by atomic mass is 35.5. The van der Waals surface area contributed by atoms with Crippen LogP contribution in [-0.2, 0) is 0 Å². The summed E-state index contributed by atoms with van der Waals surface area (Å²) in [6, 6.07) is 14.0. The Morgan fingerprint density at radius 3 is 2.67 bits per heavy atom. The minimum Gasteiger partial charge on any atom is -0.424 e. The quantitative estimate of drug-likeness (QED) is 0.792. The van der Waals surface area contributed by atoms with Crippen molar-refractivity contribution in [2.75, 3.05) is 11.9 Å². The zero-order chi connectivity index (χ0) is 14.7. The monoisotopic (exact) mass is 300 g/mol. The lowest BCUT2D eigenvalue weighted by Gasteiger charge is -2.07. The van der Waals surface area contributed by atoms with Crippen molar-refractivity contribution in [3.8, 4) is 11.8 Å². The lowest BCUT2D eigenvalue weighted by atomic mass is 10.1. The molecule has 0 spiro atoms. The molecule has 6 heteroatoms. The topological polar surface area (TPSA) is 59.9 Å². The molecular formula is C15H13ClN4O. The van der Waals surface area contributed by atoms with Gasteiger partial charge in [0.15, 0.2) is 0 Å². The van der Waals surface area contributed by atoms with Crippen molar-refractivity contribution in [1.82, 2.24) is 15.0 Å². The molecule has 21 heavy (non-hydrogen) atoms. The van der Waals surface area contributed by atoms with Gasteiger partial charge in [0.1, 0.15) is 5.75 Å². The zero-order valence-electron chi connectivity index (χ0n) is 11.4. The maximum atomic E-state index is 5.86. The van der Waals surface area contributed by atoms with Gasteiger partial charge in [0.05, 0.1) is 0 Å². The van der Waals surface area contributed by atoms with Gasteiger partial charge in [0.25, 0.3) is 0 Å². The summed E-state index contributed by atoms with van der Waals surface area (Å²) < 4.78 is 5.67. The minimum atomic E-state index is 0.0942. The van der Waals surface area contributed by atoms with Gasteiger partial charge in [0, 0.05) is 6.54 Å². The third-order valence-electron chi connectivity index (χ3n) is 2.85. The van der Waals surface area contributed by atoms with Crippen LogP contribution in [0.2, 0.25) is 5.28 Å². The number of benzene rings is 2. The minimum absolute atomic E-state index is 0.0942. The predicted octanol–water partition coefficient (Wildman–Crippen LogP) is 3.90. The Balaban J connectivity index is 1.90. The second kappa shape index (κ2) is 5.93. The lowest BCUT2D eigenvalue weighted by Crippen LogP contribution is -2.04. The fourth-order valence-electron chi connectivity index (χ4n) is 1.95. The number of halogens is 1. The number of fused-ring (bicyclic) bond motifs is 1. The number of hydrogen-bond acceptors (Lipinski definition) is 5. The van der Waals surface area contributed by atoms with Crippen LogP contribution >= 0.6 is 11.6 Å². The van der Waals surface area contributed by atoms with Gasteiger partial charge in [-0.3, -0.25) is 0 Å². The van der Waals surface area contributed by atoms with Crippen LogP contribution in [0.3, 0.4) is 0 Å². The summed E-state index contributed by atoms with van der Waals surface area (Å²) in [7, 11) is 0. The highest BCUT2D eigenvalue weighted by Gasteiger charge is 2.07. The number of hydrogen-bond donors (Lipinski definition) is 1. The molecule has 0 aliphatic heterocycles. The van der Waals surface area contributed by atoms with Crippen molar-refractivity contribution in [3.05, 3.63) is 47.7 Å². The molecule has 2 aromatic carbocycles. The number of rotatable bonds is 4. The molecule has 0 bridgehead atoms. The fraction of sp³-hybridized carbons (Fsp3) is 0.133. The summed E-state index contributed by atoms with van der Waals surface area (Å²) in [4.78, 5) is 12.1. The molecule has 0 amide bonds. The maximum absolute atomic E-state index is 5.86. The Morgan fingerprint density at radius 1 is 1.05 bits per heavy atom. The third kappa shape index (κ3) is 3.20. The third-order valence-corrected chi connectivity index (χ3v) is 3.02. The van der Waals surface area contributed by atoms with Crippen LogP contribution in [-0.4, -0.2) is 21.5 Å². The Bertz CT molecular complexity index is 778. The molecule has 0 fully saturated rings. The van der Waals surface area contributed by atoms with Crippen LogP contribution in [0.15, 0.2) is 42.5 Å². The molecule has 5 nitrogen and oxygen atoms in total. The van der Waals surface area contributed by atoms with E-state index in [2.05, 4.69) is 20.3 Å². The van der Waals surface area contributed by atoms with E-state index in [0.29, 0.717) is 18.2 Å². The molecule has 0 atom stereocenters. The summed E-state index contributed by atoms with van der Waals surface area (Å²) >= 11 is 5.86. The lowest BCUT2D eigenvalue weighted by molar-refractivity contribution is 0.441.